The number of amides is 1. The van der Waals surface area contributed by atoms with Crippen LogP contribution in [0.3, 0.4) is 0 Å². The van der Waals surface area contributed by atoms with Gasteiger partial charge in [0.2, 0.25) is 11.6 Å². The lowest BCUT2D eigenvalue weighted by atomic mass is 10.2. The fraction of sp³-hybridized carbons (Fsp3) is 0.0833. The quantitative estimate of drug-likeness (QED) is 0.905. The molecule has 1 aromatic heterocycles. The zero-order chi connectivity index (χ0) is 14.0. The molecule has 0 saturated carbocycles. The number of halogens is 1. The second kappa shape index (κ2) is 5.23. The third-order valence-corrected chi connectivity index (χ3v) is 2.80. The van der Waals surface area contributed by atoms with E-state index in [1.54, 1.807) is 24.3 Å². The second-order valence-electron chi connectivity index (χ2n) is 3.68. The van der Waals surface area contributed by atoms with Crippen molar-refractivity contribution in [3.63, 3.8) is 0 Å². The molecule has 0 spiro atoms. The Kier molecular flexibility index (Phi) is 3.66. The minimum atomic E-state index is -1.26. The molecule has 1 aromatic carbocycles. The van der Waals surface area contributed by atoms with Gasteiger partial charge in [0.1, 0.15) is 0 Å². The van der Waals surface area contributed by atoms with Crippen molar-refractivity contribution in [1.82, 2.24) is 4.98 Å². The number of carbonyl (C=O) groups is 2. The van der Waals surface area contributed by atoms with Crippen LogP contribution in [0.5, 0.6) is 0 Å². The number of carboxylic acid groups (broad SMARTS) is 1. The molecule has 0 aliphatic carbocycles. The first-order chi connectivity index (χ1) is 8.97. The second-order valence-corrected chi connectivity index (χ2v) is 4.59. The summed E-state index contributed by atoms with van der Waals surface area (Å²) in [7, 11) is 0. The smallest absolute Gasteiger partial charge is 0.360 e. The SMILES string of the molecule is Cc1nc(C(=O)O)c(NC(=O)c2ccc(Br)cc2)o1. The van der Waals surface area contributed by atoms with Crippen molar-refractivity contribution in [2.45, 2.75) is 6.92 Å². The summed E-state index contributed by atoms with van der Waals surface area (Å²) in [5, 5.41) is 11.3. The summed E-state index contributed by atoms with van der Waals surface area (Å²) in [5.74, 6) is -1.73. The van der Waals surface area contributed by atoms with Gasteiger partial charge in [-0.15, -0.1) is 0 Å². The molecule has 0 aliphatic rings. The average molecular weight is 325 g/mol. The highest BCUT2D eigenvalue weighted by Crippen LogP contribution is 2.18. The molecule has 0 bridgehead atoms. The number of hydrogen-bond acceptors (Lipinski definition) is 4. The monoisotopic (exact) mass is 324 g/mol. The van der Waals surface area contributed by atoms with E-state index in [2.05, 4.69) is 26.2 Å². The number of oxazole rings is 1. The number of nitrogens with one attached hydrogen (secondary N) is 1. The minimum Gasteiger partial charge on any atom is -0.476 e. The predicted octanol–water partition coefficient (Wildman–Crippen LogP) is 2.70. The molecule has 1 heterocycles. The third-order valence-electron chi connectivity index (χ3n) is 2.27. The van der Waals surface area contributed by atoms with E-state index < -0.39 is 11.9 Å². The first kappa shape index (κ1) is 13.3. The van der Waals surface area contributed by atoms with Crippen molar-refractivity contribution >= 4 is 33.7 Å². The van der Waals surface area contributed by atoms with E-state index in [-0.39, 0.29) is 17.5 Å². The predicted molar refractivity (Wildman–Crippen MR) is 70.3 cm³/mol. The lowest BCUT2D eigenvalue weighted by Crippen LogP contribution is -2.13. The maximum atomic E-state index is 11.9. The minimum absolute atomic E-state index is 0.169. The van der Waals surface area contributed by atoms with Gasteiger partial charge in [-0.3, -0.25) is 10.1 Å². The van der Waals surface area contributed by atoms with E-state index >= 15 is 0 Å². The van der Waals surface area contributed by atoms with Crippen molar-refractivity contribution in [2.75, 3.05) is 5.32 Å². The maximum Gasteiger partial charge on any atom is 0.360 e. The number of aromatic nitrogens is 1. The molecule has 0 atom stereocenters. The molecule has 1 amide bonds. The van der Waals surface area contributed by atoms with E-state index in [9.17, 15) is 9.59 Å². The van der Waals surface area contributed by atoms with Gasteiger partial charge in [-0.1, -0.05) is 15.9 Å². The number of benzene rings is 1. The number of carbonyl (C=O) groups excluding carboxylic acids is 1. The lowest BCUT2D eigenvalue weighted by Gasteiger charge is -2.02. The van der Waals surface area contributed by atoms with Crippen LogP contribution in [-0.4, -0.2) is 22.0 Å². The van der Waals surface area contributed by atoms with Gasteiger partial charge in [-0.2, -0.15) is 0 Å². The highest BCUT2D eigenvalue weighted by Gasteiger charge is 2.20. The first-order valence-electron chi connectivity index (χ1n) is 5.25. The molecule has 2 rings (SSSR count). The summed E-state index contributed by atoms with van der Waals surface area (Å²) in [4.78, 5) is 26.5. The van der Waals surface area contributed by atoms with Gasteiger partial charge >= 0.3 is 5.97 Å². The molecule has 2 aromatic rings. The largest absolute Gasteiger partial charge is 0.476 e. The van der Waals surface area contributed by atoms with Crippen molar-refractivity contribution in [1.29, 1.82) is 0 Å². The van der Waals surface area contributed by atoms with Crippen LogP contribution in [0.25, 0.3) is 0 Å². The van der Waals surface area contributed by atoms with Crippen LogP contribution in [0.4, 0.5) is 5.88 Å². The number of aryl methyl sites for hydroxylation is 1. The standard InChI is InChI=1S/C12H9BrN2O4/c1-6-14-9(12(17)18)11(19-6)15-10(16)7-2-4-8(13)5-3-7/h2-5H,1H3,(H,15,16)(H,17,18). The fourth-order valence-electron chi connectivity index (χ4n) is 1.43. The zero-order valence-corrected chi connectivity index (χ0v) is 11.4. The summed E-state index contributed by atoms with van der Waals surface area (Å²) in [5.41, 5.74) is 0.0663. The third kappa shape index (κ3) is 3.00. The van der Waals surface area contributed by atoms with E-state index in [0.717, 1.165) is 4.47 Å². The highest BCUT2D eigenvalue weighted by molar-refractivity contribution is 9.10. The molecule has 98 valence electrons. The van der Waals surface area contributed by atoms with Gasteiger partial charge in [-0.25, -0.2) is 9.78 Å². The Morgan fingerprint density at radius 1 is 1.32 bits per heavy atom. The molecule has 0 unspecified atom stereocenters. The maximum absolute atomic E-state index is 11.9. The molecule has 2 N–H and O–H groups in total. The Labute approximate surface area is 116 Å². The van der Waals surface area contributed by atoms with Gasteiger partial charge in [0, 0.05) is 17.0 Å². The van der Waals surface area contributed by atoms with Crippen LogP contribution in [0, 0.1) is 6.92 Å². The van der Waals surface area contributed by atoms with E-state index in [4.69, 9.17) is 9.52 Å². The van der Waals surface area contributed by atoms with Crippen molar-refractivity contribution in [3.05, 3.63) is 45.9 Å². The van der Waals surface area contributed by atoms with E-state index in [0.29, 0.717) is 5.56 Å². The molecule has 6 nitrogen and oxygen atoms in total. The Bertz CT molecular complexity index is 634. The van der Waals surface area contributed by atoms with Crippen molar-refractivity contribution in [2.24, 2.45) is 0 Å². The Morgan fingerprint density at radius 3 is 2.53 bits per heavy atom. The summed E-state index contributed by atoms with van der Waals surface area (Å²) >= 11 is 3.26. The number of nitrogens with zero attached hydrogens (tertiary/aromatic N) is 1. The summed E-state index contributed by atoms with van der Waals surface area (Å²) in [6.07, 6.45) is 0. The van der Waals surface area contributed by atoms with Crippen molar-refractivity contribution in [3.8, 4) is 0 Å². The van der Waals surface area contributed by atoms with Crippen LogP contribution < -0.4 is 5.32 Å². The molecule has 0 fully saturated rings. The van der Waals surface area contributed by atoms with Crippen LogP contribution in [0.1, 0.15) is 26.7 Å². The van der Waals surface area contributed by atoms with Gasteiger partial charge in [0.15, 0.2) is 5.89 Å². The first-order valence-corrected chi connectivity index (χ1v) is 6.04. The van der Waals surface area contributed by atoms with Crippen LogP contribution in [0.2, 0.25) is 0 Å². The average Bonchev–Trinajstić information content (AvgIpc) is 2.71. The number of carboxylic acids is 1. The molecule has 0 aliphatic heterocycles. The molecular weight excluding hydrogens is 316 g/mol. The van der Waals surface area contributed by atoms with Gasteiger partial charge in [0.25, 0.3) is 5.91 Å². The summed E-state index contributed by atoms with van der Waals surface area (Å²) in [6, 6.07) is 6.61. The van der Waals surface area contributed by atoms with E-state index in [1.807, 2.05) is 0 Å². The van der Waals surface area contributed by atoms with Crippen LogP contribution >= 0.6 is 15.9 Å². The topological polar surface area (TPSA) is 92.4 Å². The number of aromatic carboxylic acids is 1. The van der Waals surface area contributed by atoms with Crippen molar-refractivity contribution < 1.29 is 19.1 Å². The molecule has 0 radical (unpaired) electrons. The highest BCUT2D eigenvalue weighted by atomic mass is 79.9. The Balaban J connectivity index is 2.24. The number of hydrogen-bond donors (Lipinski definition) is 2. The van der Waals surface area contributed by atoms with Gasteiger partial charge < -0.3 is 9.52 Å². The van der Waals surface area contributed by atoms with Crippen LogP contribution in [-0.2, 0) is 0 Å². The zero-order valence-electron chi connectivity index (χ0n) is 9.81. The van der Waals surface area contributed by atoms with E-state index in [1.165, 1.54) is 6.92 Å². The van der Waals surface area contributed by atoms with Gasteiger partial charge in [-0.05, 0) is 24.3 Å². The Hall–Kier alpha value is -2.15. The molecular formula is C12H9BrN2O4. The normalized spacial score (nSPS) is 10.2. The number of rotatable bonds is 3. The van der Waals surface area contributed by atoms with Gasteiger partial charge in [0.05, 0.1) is 0 Å². The van der Waals surface area contributed by atoms with Crippen LogP contribution in [0.15, 0.2) is 33.2 Å². The Morgan fingerprint density at radius 2 is 1.95 bits per heavy atom. The fourth-order valence-corrected chi connectivity index (χ4v) is 1.70. The number of anilines is 1. The molecule has 19 heavy (non-hydrogen) atoms. The summed E-state index contributed by atoms with van der Waals surface area (Å²) < 4.78 is 5.90. The molecule has 7 heteroatoms. The lowest BCUT2D eigenvalue weighted by molar-refractivity contribution is 0.0692. The molecule has 0 saturated heterocycles. The summed E-state index contributed by atoms with van der Waals surface area (Å²) in [6.45, 7) is 1.50.